The van der Waals surface area contributed by atoms with Crippen molar-refractivity contribution in [3.05, 3.63) is 59.7 Å². The third kappa shape index (κ3) is 9.34. The van der Waals surface area contributed by atoms with Gasteiger partial charge in [-0.2, -0.15) is 0 Å². The first-order valence-electron chi connectivity index (χ1n) is 10.3. The largest absolute Gasteiger partial charge is 0.493 e. The highest BCUT2D eigenvalue weighted by Crippen LogP contribution is 2.20. The first kappa shape index (κ1) is 24.6. The molecule has 2 N–H and O–H groups in total. The standard InChI is InChI=1S/C24H31NO5S/c1-5-31-21(22(26)27)16-18-8-12-20(13-9-18)29-15-14-17-6-10-19(11-7-17)25-23(28)30-24(2,3)4/h6-13,21H,5,14-16H2,1-4H3,(H,25,28)(H,26,27). The Hall–Kier alpha value is -2.67. The zero-order valence-corrected chi connectivity index (χ0v) is 19.3. The number of anilines is 1. The molecule has 2 rings (SSSR count). The summed E-state index contributed by atoms with van der Waals surface area (Å²) in [5, 5.41) is 11.6. The summed E-state index contributed by atoms with van der Waals surface area (Å²) in [5.41, 5.74) is 2.21. The number of carboxylic acid groups (broad SMARTS) is 1. The Morgan fingerprint density at radius 1 is 1.03 bits per heavy atom. The van der Waals surface area contributed by atoms with Crippen LogP contribution in [-0.2, 0) is 22.4 Å². The van der Waals surface area contributed by atoms with Gasteiger partial charge >= 0.3 is 12.1 Å². The molecule has 0 saturated heterocycles. The topological polar surface area (TPSA) is 84.9 Å². The van der Waals surface area contributed by atoms with E-state index < -0.39 is 22.9 Å². The number of carbonyl (C=O) groups excluding carboxylic acids is 1. The van der Waals surface area contributed by atoms with Crippen LogP contribution in [0.5, 0.6) is 5.75 Å². The van der Waals surface area contributed by atoms with Gasteiger partial charge in [0, 0.05) is 12.1 Å². The Morgan fingerprint density at radius 2 is 1.65 bits per heavy atom. The molecule has 0 fully saturated rings. The molecule has 1 atom stereocenters. The van der Waals surface area contributed by atoms with Crippen molar-refractivity contribution in [3.8, 4) is 5.75 Å². The first-order valence-corrected chi connectivity index (χ1v) is 11.4. The molecular weight excluding hydrogens is 414 g/mol. The van der Waals surface area contributed by atoms with Crippen molar-refractivity contribution in [3.63, 3.8) is 0 Å². The number of carbonyl (C=O) groups is 2. The van der Waals surface area contributed by atoms with Crippen molar-refractivity contribution in [1.29, 1.82) is 0 Å². The van der Waals surface area contributed by atoms with Gasteiger partial charge < -0.3 is 14.6 Å². The maximum Gasteiger partial charge on any atom is 0.412 e. The molecule has 1 unspecified atom stereocenters. The van der Waals surface area contributed by atoms with Gasteiger partial charge in [-0.1, -0.05) is 31.2 Å². The summed E-state index contributed by atoms with van der Waals surface area (Å²) in [6.45, 7) is 7.94. The molecule has 2 aromatic carbocycles. The molecule has 31 heavy (non-hydrogen) atoms. The van der Waals surface area contributed by atoms with Crippen LogP contribution in [0.1, 0.15) is 38.8 Å². The Bertz CT molecular complexity index is 844. The molecule has 0 bridgehead atoms. The van der Waals surface area contributed by atoms with Crippen LogP contribution in [0.15, 0.2) is 48.5 Å². The van der Waals surface area contributed by atoms with Gasteiger partial charge in [-0.15, -0.1) is 11.8 Å². The molecule has 0 aliphatic carbocycles. The van der Waals surface area contributed by atoms with Crippen LogP contribution >= 0.6 is 11.8 Å². The van der Waals surface area contributed by atoms with Crippen LogP contribution in [0.2, 0.25) is 0 Å². The summed E-state index contributed by atoms with van der Waals surface area (Å²) >= 11 is 1.44. The van der Waals surface area contributed by atoms with Crippen molar-refractivity contribution < 1.29 is 24.2 Å². The number of nitrogens with one attached hydrogen (secondary N) is 1. The van der Waals surface area contributed by atoms with Crippen molar-refractivity contribution in [2.45, 2.75) is 51.4 Å². The van der Waals surface area contributed by atoms with E-state index in [4.69, 9.17) is 9.47 Å². The number of hydrogen-bond donors (Lipinski definition) is 2. The van der Waals surface area contributed by atoms with Gasteiger partial charge in [-0.25, -0.2) is 4.79 Å². The van der Waals surface area contributed by atoms with Gasteiger partial charge in [0.25, 0.3) is 0 Å². The maximum absolute atomic E-state index is 11.8. The molecule has 0 aliphatic rings. The van der Waals surface area contributed by atoms with E-state index in [2.05, 4.69) is 5.32 Å². The molecule has 2 aromatic rings. The number of rotatable bonds is 10. The summed E-state index contributed by atoms with van der Waals surface area (Å²) in [4.78, 5) is 23.1. The molecule has 0 aromatic heterocycles. The minimum absolute atomic E-state index is 0.426. The van der Waals surface area contributed by atoms with E-state index in [9.17, 15) is 14.7 Å². The molecule has 1 amide bonds. The number of aliphatic carboxylic acids is 1. The third-order valence-electron chi connectivity index (χ3n) is 4.25. The number of amides is 1. The summed E-state index contributed by atoms with van der Waals surface area (Å²) in [5.74, 6) is 0.748. The van der Waals surface area contributed by atoms with Crippen molar-refractivity contribution in [2.24, 2.45) is 0 Å². The zero-order valence-electron chi connectivity index (χ0n) is 18.5. The maximum atomic E-state index is 11.8. The Balaban J connectivity index is 1.79. The van der Waals surface area contributed by atoms with Gasteiger partial charge in [0.05, 0.1) is 6.61 Å². The second kappa shape index (κ2) is 11.6. The first-order chi connectivity index (χ1) is 14.7. The fourth-order valence-electron chi connectivity index (χ4n) is 2.82. The molecular formula is C24H31NO5S. The lowest BCUT2D eigenvalue weighted by Gasteiger charge is -2.19. The van der Waals surface area contributed by atoms with E-state index in [0.29, 0.717) is 18.7 Å². The van der Waals surface area contributed by atoms with Gasteiger partial charge in [0.2, 0.25) is 0 Å². The average molecular weight is 446 g/mol. The fourth-order valence-corrected chi connectivity index (χ4v) is 3.67. The van der Waals surface area contributed by atoms with Crippen molar-refractivity contribution >= 4 is 29.5 Å². The van der Waals surface area contributed by atoms with Crippen LogP contribution in [0.3, 0.4) is 0 Å². The normalized spacial score (nSPS) is 12.1. The van der Waals surface area contributed by atoms with E-state index >= 15 is 0 Å². The number of thioether (sulfide) groups is 1. The SMILES string of the molecule is CCSC(Cc1ccc(OCCc2ccc(NC(=O)OC(C)(C)C)cc2)cc1)C(=O)O. The van der Waals surface area contributed by atoms with Crippen LogP contribution in [0, 0.1) is 0 Å². The number of hydrogen-bond acceptors (Lipinski definition) is 5. The Kier molecular flexibility index (Phi) is 9.24. The zero-order chi connectivity index (χ0) is 22.9. The summed E-state index contributed by atoms with van der Waals surface area (Å²) < 4.78 is 11.0. The van der Waals surface area contributed by atoms with E-state index in [1.807, 2.05) is 76.2 Å². The lowest BCUT2D eigenvalue weighted by atomic mass is 10.1. The molecule has 0 aliphatic heterocycles. The summed E-state index contributed by atoms with van der Waals surface area (Å²) in [6.07, 6.45) is 0.746. The summed E-state index contributed by atoms with van der Waals surface area (Å²) in [6, 6.07) is 15.1. The smallest absolute Gasteiger partial charge is 0.412 e. The predicted molar refractivity (Wildman–Crippen MR) is 125 cm³/mol. The van der Waals surface area contributed by atoms with E-state index in [1.54, 1.807) is 0 Å². The highest BCUT2D eigenvalue weighted by molar-refractivity contribution is 8.00. The molecule has 0 heterocycles. The van der Waals surface area contributed by atoms with Gasteiger partial charge in [0.15, 0.2) is 0 Å². The van der Waals surface area contributed by atoms with Crippen LogP contribution in [-0.4, -0.2) is 40.4 Å². The molecule has 7 heteroatoms. The monoisotopic (exact) mass is 445 g/mol. The van der Waals surface area contributed by atoms with E-state index in [-0.39, 0.29) is 0 Å². The molecule has 6 nitrogen and oxygen atoms in total. The minimum atomic E-state index is -0.778. The van der Waals surface area contributed by atoms with Gasteiger partial charge in [-0.3, -0.25) is 10.1 Å². The Morgan fingerprint density at radius 3 is 2.19 bits per heavy atom. The fraction of sp³-hybridized carbons (Fsp3) is 0.417. The van der Waals surface area contributed by atoms with Gasteiger partial charge in [0.1, 0.15) is 16.6 Å². The van der Waals surface area contributed by atoms with Crippen LogP contribution in [0.25, 0.3) is 0 Å². The third-order valence-corrected chi connectivity index (χ3v) is 5.35. The highest BCUT2D eigenvalue weighted by Gasteiger charge is 2.18. The quantitative estimate of drug-likeness (QED) is 0.509. The Labute approximate surface area is 188 Å². The van der Waals surface area contributed by atoms with E-state index in [0.717, 1.165) is 29.1 Å². The van der Waals surface area contributed by atoms with Gasteiger partial charge in [-0.05, 0) is 68.3 Å². The van der Waals surface area contributed by atoms with Crippen LogP contribution in [0.4, 0.5) is 10.5 Å². The second-order valence-electron chi connectivity index (χ2n) is 8.05. The molecule has 0 saturated carbocycles. The number of carboxylic acids is 1. The lowest BCUT2D eigenvalue weighted by molar-refractivity contribution is -0.136. The molecule has 168 valence electrons. The molecule has 0 spiro atoms. The van der Waals surface area contributed by atoms with Crippen molar-refractivity contribution in [1.82, 2.24) is 0 Å². The number of ether oxygens (including phenoxy) is 2. The second-order valence-corrected chi connectivity index (χ2v) is 9.53. The average Bonchev–Trinajstić information content (AvgIpc) is 2.68. The molecule has 0 radical (unpaired) electrons. The number of benzene rings is 2. The van der Waals surface area contributed by atoms with Crippen molar-refractivity contribution in [2.75, 3.05) is 17.7 Å². The lowest BCUT2D eigenvalue weighted by Crippen LogP contribution is -2.27. The van der Waals surface area contributed by atoms with Crippen LogP contribution < -0.4 is 10.1 Å². The highest BCUT2D eigenvalue weighted by atomic mass is 32.2. The minimum Gasteiger partial charge on any atom is -0.493 e. The van der Waals surface area contributed by atoms with E-state index in [1.165, 1.54) is 11.8 Å². The summed E-state index contributed by atoms with van der Waals surface area (Å²) in [7, 11) is 0. The predicted octanol–water partition coefficient (Wildman–Crippen LogP) is 5.40.